The molecule has 0 saturated carbocycles. The van der Waals surface area contributed by atoms with Gasteiger partial charge in [-0.1, -0.05) is 0 Å². The molecule has 1 aromatic rings. The predicted molar refractivity (Wildman–Crippen MR) is 72.3 cm³/mol. The number of hydrogen-bond donors (Lipinski definition) is 1. The minimum Gasteiger partial charge on any atom is -0.326 e. The van der Waals surface area contributed by atoms with Gasteiger partial charge in [-0.05, 0) is 27.9 Å². The van der Waals surface area contributed by atoms with Crippen LogP contribution in [0.15, 0.2) is 0 Å². The van der Waals surface area contributed by atoms with Gasteiger partial charge in [0.05, 0.1) is 6.04 Å². The van der Waals surface area contributed by atoms with Gasteiger partial charge in [0, 0.05) is 43.1 Å². The Bertz CT molecular complexity index is 408. The van der Waals surface area contributed by atoms with Crippen molar-refractivity contribution in [2.24, 2.45) is 5.73 Å². The Morgan fingerprint density at radius 2 is 1.78 bits per heavy atom. The summed E-state index contributed by atoms with van der Waals surface area (Å²) in [7, 11) is 4.29. The molecule has 1 atom stereocenters. The zero-order valence-corrected chi connectivity index (χ0v) is 11.8. The summed E-state index contributed by atoms with van der Waals surface area (Å²) in [5, 5.41) is 0. The molecule has 2 N–H and O–H groups in total. The van der Waals surface area contributed by atoms with E-state index in [9.17, 15) is 0 Å². The molecule has 0 amide bonds. The molecule has 0 radical (unpaired) electrons. The highest BCUT2D eigenvalue weighted by atomic mass is 15.3. The van der Waals surface area contributed by atoms with E-state index in [4.69, 9.17) is 5.73 Å². The third kappa shape index (κ3) is 2.53. The average molecular weight is 249 g/mol. The van der Waals surface area contributed by atoms with Crippen molar-refractivity contribution in [2.75, 3.05) is 33.7 Å². The molecule has 1 saturated heterocycles. The standard InChI is InChI=1S/C13H23N5/c1-9-11(7-14)10(2)16-13(15-9)12-8-17(3)5-6-18(12)4/h12H,5-8,14H2,1-4H3. The van der Waals surface area contributed by atoms with Crippen LogP contribution in [-0.2, 0) is 6.54 Å². The molecule has 2 heterocycles. The monoisotopic (exact) mass is 249 g/mol. The first-order chi connectivity index (χ1) is 8.52. The van der Waals surface area contributed by atoms with Crippen molar-refractivity contribution in [1.29, 1.82) is 0 Å². The minimum absolute atomic E-state index is 0.285. The molecular weight excluding hydrogens is 226 g/mol. The Balaban J connectivity index is 2.33. The molecule has 5 heteroatoms. The van der Waals surface area contributed by atoms with Crippen LogP contribution in [-0.4, -0.2) is 53.5 Å². The largest absolute Gasteiger partial charge is 0.326 e. The van der Waals surface area contributed by atoms with Gasteiger partial charge in [0.1, 0.15) is 5.82 Å². The zero-order chi connectivity index (χ0) is 13.3. The van der Waals surface area contributed by atoms with Gasteiger partial charge in [0.25, 0.3) is 0 Å². The molecule has 18 heavy (non-hydrogen) atoms. The van der Waals surface area contributed by atoms with E-state index in [1.807, 2.05) is 13.8 Å². The maximum atomic E-state index is 5.73. The first kappa shape index (κ1) is 13.4. The number of likely N-dealkylation sites (N-methyl/N-ethyl adjacent to an activating group) is 2. The van der Waals surface area contributed by atoms with E-state index in [1.54, 1.807) is 0 Å². The van der Waals surface area contributed by atoms with Crippen LogP contribution in [0.4, 0.5) is 0 Å². The van der Waals surface area contributed by atoms with Crippen LogP contribution in [0.2, 0.25) is 0 Å². The summed E-state index contributed by atoms with van der Waals surface area (Å²) in [5.41, 5.74) is 8.84. The molecule has 1 fully saturated rings. The van der Waals surface area contributed by atoms with E-state index in [2.05, 4.69) is 33.9 Å². The summed E-state index contributed by atoms with van der Waals surface area (Å²) in [6.45, 7) is 7.70. The number of nitrogens with two attached hydrogens (primary N) is 1. The van der Waals surface area contributed by atoms with E-state index in [-0.39, 0.29) is 6.04 Å². The topological polar surface area (TPSA) is 58.3 Å². The third-order valence-corrected chi connectivity index (χ3v) is 3.79. The Morgan fingerprint density at radius 3 is 2.33 bits per heavy atom. The molecule has 1 aliphatic rings. The van der Waals surface area contributed by atoms with Crippen LogP contribution in [0.3, 0.4) is 0 Å². The van der Waals surface area contributed by atoms with Crippen LogP contribution >= 0.6 is 0 Å². The van der Waals surface area contributed by atoms with Gasteiger partial charge in [-0.15, -0.1) is 0 Å². The quantitative estimate of drug-likeness (QED) is 0.825. The summed E-state index contributed by atoms with van der Waals surface area (Å²) in [6, 6.07) is 0.285. The Kier molecular flexibility index (Phi) is 3.94. The van der Waals surface area contributed by atoms with Gasteiger partial charge in [0.15, 0.2) is 0 Å². The maximum absolute atomic E-state index is 5.73. The first-order valence-electron chi connectivity index (χ1n) is 6.45. The molecular formula is C13H23N5. The number of hydrogen-bond acceptors (Lipinski definition) is 5. The Labute approximate surface area is 109 Å². The molecule has 100 valence electrons. The van der Waals surface area contributed by atoms with E-state index in [0.717, 1.165) is 42.4 Å². The first-order valence-corrected chi connectivity index (χ1v) is 6.45. The van der Waals surface area contributed by atoms with E-state index in [1.165, 1.54) is 0 Å². The smallest absolute Gasteiger partial charge is 0.147 e. The summed E-state index contributed by atoms with van der Waals surface area (Å²) in [5.74, 6) is 0.927. The van der Waals surface area contributed by atoms with Crippen LogP contribution in [0.5, 0.6) is 0 Å². The van der Waals surface area contributed by atoms with Gasteiger partial charge in [0.2, 0.25) is 0 Å². The fourth-order valence-electron chi connectivity index (χ4n) is 2.50. The van der Waals surface area contributed by atoms with Crippen molar-refractivity contribution >= 4 is 0 Å². The fraction of sp³-hybridized carbons (Fsp3) is 0.692. The summed E-state index contributed by atoms with van der Waals surface area (Å²) >= 11 is 0. The fourth-order valence-corrected chi connectivity index (χ4v) is 2.50. The van der Waals surface area contributed by atoms with Gasteiger partial charge in [-0.3, -0.25) is 4.90 Å². The van der Waals surface area contributed by atoms with Crippen molar-refractivity contribution in [1.82, 2.24) is 19.8 Å². The van der Waals surface area contributed by atoms with Crippen LogP contribution in [0.1, 0.15) is 28.8 Å². The number of rotatable bonds is 2. The lowest BCUT2D eigenvalue weighted by atomic mass is 10.1. The number of piperazine rings is 1. The molecule has 1 unspecified atom stereocenters. The molecule has 5 nitrogen and oxygen atoms in total. The van der Waals surface area contributed by atoms with Crippen molar-refractivity contribution in [3.63, 3.8) is 0 Å². The normalized spacial score (nSPS) is 22.4. The lowest BCUT2D eigenvalue weighted by molar-refractivity contribution is 0.109. The van der Waals surface area contributed by atoms with Crippen molar-refractivity contribution in [3.8, 4) is 0 Å². The lowest BCUT2D eigenvalue weighted by Gasteiger charge is -2.36. The van der Waals surface area contributed by atoms with Crippen LogP contribution in [0.25, 0.3) is 0 Å². The number of nitrogens with zero attached hydrogens (tertiary/aromatic N) is 4. The van der Waals surface area contributed by atoms with Crippen LogP contribution in [0, 0.1) is 13.8 Å². The van der Waals surface area contributed by atoms with Crippen molar-refractivity contribution in [2.45, 2.75) is 26.4 Å². The second-order valence-corrected chi connectivity index (χ2v) is 5.19. The Morgan fingerprint density at radius 1 is 1.17 bits per heavy atom. The molecule has 1 aromatic heterocycles. The summed E-state index contributed by atoms with van der Waals surface area (Å²) in [4.78, 5) is 14.0. The maximum Gasteiger partial charge on any atom is 0.147 e. The highest BCUT2D eigenvalue weighted by molar-refractivity contribution is 5.24. The number of aromatic nitrogens is 2. The highest BCUT2D eigenvalue weighted by Crippen LogP contribution is 2.22. The molecule has 1 aliphatic heterocycles. The predicted octanol–water partition coefficient (Wildman–Crippen LogP) is 0.470. The lowest BCUT2D eigenvalue weighted by Crippen LogP contribution is -2.45. The molecule has 2 rings (SSSR count). The molecule has 0 aromatic carbocycles. The van der Waals surface area contributed by atoms with Gasteiger partial charge < -0.3 is 10.6 Å². The SMILES string of the molecule is Cc1nc(C2CN(C)CCN2C)nc(C)c1CN. The summed E-state index contributed by atoms with van der Waals surface area (Å²) < 4.78 is 0. The van der Waals surface area contributed by atoms with Crippen LogP contribution < -0.4 is 5.73 Å². The van der Waals surface area contributed by atoms with Gasteiger partial charge >= 0.3 is 0 Å². The van der Waals surface area contributed by atoms with Gasteiger partial charge in [-0.25, -0.2) is 9.97 Å². The minimum atomic E-state index is 0.285. The number of aryl methyl sites for hydroxylation is 2. The van der Waals surface area contributed by atoms with E-state index < -0.39 is 0 Å². The molecule has 0 spiro atoms. The molecule has 0 aliphatic carbocycles. The third-order valence-electron chi connectivity index (χ3n) is 3.79. The van der Waals surface area contributed by atoms with E-state index in [0.29, 0.717) is 6.54 Å². The zero-order valence-electron chi connectivity index (χ0n) is 11.8. The molecule has 0 bridgehead atoms. The summed E-state index contributed by atoms with van der Waals surface area (Å²) in [6.07, 6.45) is 0. The van der Waals surface area contributed by atoms with Crippen molar-refractivity contribution in [3.05, 3.63) is 22.8 Å². The average Bonchev–Trinajstić information content (AvgIpc) is 2.32. The highest BCUT2D eigenvalue weighted by Gasteiger charge is 2.26. The Hall–Kier alpha value is -1.04. The second-order valence-electron chi connectivity index (χ2n) is 5.19. The second kappa shape index (κ2) is 5.30. The van der Waals surface area contributed by atoms with E-state index >= 15 is 0 Å². The van der Waals surface area contributed by atoms with Crippen molar-refractivity contribution < 1.29 is 0 Å². The van der Waals surface area contributed by atoms with Gasteiger partial charge in [-0.2, -0.15) is 0 Å².